The second kappa shape index (κ2) is 11.2. The molecular weight excluding hydrogens is 502 g/mol. The van der Waals surface area contributed by atoms with Gasteiger partial charge in [0.05, 0.1) is 16.5 Å². The van der Waals surface area contributed by atoms with E-state index in [9.17, 15) is 13.7 Å². The van der Waals surface area contributed by atoms with Crippen molar-refractivity contribution in [2.75, 3.05) is 4.90 Å². The molecule has 5 aromatic rings. The summed E-state index contributed by atoms with van der Waals surface area (Å²) < 4.78 is 23.0. The molecule has 190 valence electrons. The molecule has 0 saturated carbocycles. The third-order valence-electron chi connectivity index (χ3n) is 6.32. The monoisotopic (exact) mass is 527 g/mol. The van der Waals surface area contributed by atoms with Crippen LogP contribution in [-0.4, -0.2) is 8.42 Å². The molecule has 0 fully saturated rings. The van der Waals surface area contributed by atoms with E-state index in [1.165, 1.54) is 12.1 Å². The maximum Gasteiger partial charge on any atom is 0.238 e. The zero-order valence-corrected chi connectivity index (χ0v) is 21.8. The second-order valence-electron chi connectivity index (χ2n) is 8.91. The number of nitrogens with two attached hydrogens (primary N) is 1. The summed E-state index contributed by atoms with van der Waals surface area (Å²) in [5.41, 5.74) is 7.15. The molecule has 0 heterocycles. The van der Waals surface area contributed by atoms with Crippen LogP contribution in [0.3, 0.4) is 0 Å². The summed E-state index contributed by atoms with van der Waals surface area (Å²) in [6.07, 6.45) is 1.87. The Labute approximate surface area is 228 Å². The first-order valence-corrected chi connectivity index (χ1v) is 13.8. The van der Waals surface area contributed by atoms with Crippen LogP contribution in [0.15, 0.2) is 138 Å². The van der Waals surface area contributed by atoms with Crippen molar-refractivity contribution in [3.05, 3.63) is 145 Å². The first-order valence-electron chi connectivity index (χ1n) is 12.3. The van der Waals surface area contributed by atoms with Crippen LogP contribution in [0.4, 0.5) is 17.1 Å². The van der Waals surface area contributed by atoms with Crippen LogP contribution >= 0.6 is 0 Å². The SMILES string of the molecule is N#C/C(=C\c1ccc(N(c2ccccc2)c2ccccc2)cc1)c1ccc(-c2ccc(S(N)(=O)=O)cc2)cc1. The topological polar surface area (TPSA) is 87.2 Å². The van der Waals surface area contributed by atoms with Crippen LogP contribution in [-0.2, 0) is 10.0 Å². The van der Waals surface area contributed by atoms with E-state index in [1.807, 2.05) is 78.9 Å². The van der Waals surface area contributed by atoms with Crippen LogP contribution in [0.1, 0.15) is 11.1 Å². The van der Waals surface area contributed by atoms with E-state index >= 15 is 0 Å². The summed E-state index contributed by atoms with van der Waals surface area (Å²) in [6, 6.07) is 44.8. The number of hydrogen-bond acceptors (Lipinski definition) is 4. The molecule has 0 aliphatic heterocycles. The van der Waals surface area contributed by atoms with E-state index in [2.05, 4.69) is 47.4 Å². The lowest BCUT2D eigenvalue weighted by atomic mass is 9.99. The minimum atomic E-state index is -3.74. The number of para-hydroxylation sites is 2. The van der Waals surface area contributed by atoms with E-state index in [0.29, 0.717) is 5.57 Å². The van der Waals surface area contributed by atoms with Gasteiger partial charge in [-0.2, -0.15) is 5.26 Å². The zero-order valence-electron chi connectivity index (χ0n) is 21.0. The number of anilines is 3. The average Bonchev–Trinajstić information content (AvgIpc) is 2.98. The van der Waals surface area contributed by atoms with Crippen molar-refractivity contribution >= 4 is 38.7 Å². The third kappa shape index (κ3) is 5.97. The fourth-order valence-corrected chi connectivity index (χ4v) is 4.86. The van der Waals surface area contributed by atoms with Crippen molar-refractivity contribution in [2.45, 2.75) is 4.90 Å². The van der Waals surface area contributed by atoms with Gasteiger partial charge in [0.25, 0.3) is 0 Å². The summed E-state index contributed by atoms with van der Waals surface area (Å²) in [5.74, 6) is 0. The summed E-state index contributed by atoms with van der Waals surface area (Å²) in [4.78, 5) is 2.26. The Morgan fingerprint density at radius 2 is 1.10 bits per heavy atom. The van der Waals surface area contributed by atoms with E-state index in [-0.39, 0.29) is 4.90 Å². The van der Waals surface area contributed by atoms with Gasteiger partial charge in [-0.15, -0.1) is 0 Å². The molecule has 0 aliphatic rings. The van der Waals surface area contributed by atoms with Gasteiger partial charge < -0.3 is 4.90 Å². The number of hydrogen-bond donors (Lipinski definition) is 1. The van der Waals surface area contributed by atoms with Crippen molar-refractivity contribution in [1.29, 1.82) is 5.26 Å². The number of sulfonamides is 1. The quantitative estimate of drug-likeness (QED) is 0.175. The Morgan fingerprint density at radius 3 is 1.56 bits per heavy atom. The lowest BCUT2D eigenvalue weighted by molar-refractivity contribution is 0.598. The predicted octanol–water partition coefficient (Wildman–Crippen LogP) is 7.53. The Morgan fingerprint density at radius 1 is 0.641 bits per heavy atom. The van der Waals surface area contributed by atoms with Crippen LogP contribution in [0.25, 0.3) is 22.8 Å². The number of allylic oxidation sites excluding steroid dienone is 1. The number of nitriles is 1. The van der Waals surface area contributed by atoms with Crippen molar-refractivity contribution in [3.8, 4) is 17.2 Å². The molecule has 0 atom stereocenters. The van der Waals surface area contributed by atoms with Gasteiger partial charge in [0, 0.05) is 17.1 Å². The fraction of sp³-hybridized carbons (Fsp3) is 0. The van der Waals surface area contributed by atoms with Gasteiger partial charge in [-0.3, -0.25) is 0 Å². The molecule has 5 nitrogen and oxygen atoms in total. The van der Waals surface area contributed by atoms with Crippen molar-refractivity contribution < 1.29 is 8.42 Å². The molecule has 5 rings (SSSR count). The van der Waals surface area contributed by atoms with Crippen LogP contribution in [0.5, 0.6) is 0 Å². The first-order chi connectivity index (χ1) is 18.9. The fourth-order valence-electron chi connectivity index (χ4n) is 4.35. The molecule has 0 radical (unpaired) electrons. The molecule has 2 N–H and O–H groups in total. The molecule has 0 aromatic heterocycles. The summed E-state index contributed by atoms with van der Waals surface area (Å²) in [6.45, 7) is 0. The van der Waals surface area contributed by atoms with Gasteiger partial charge in [-0.05, 0) is 76.9 Å². The molecule has 39 heavy (non-hydrogen) atoms. The molecule has 5 aromatic carbocycles. The predicted molar refractivity (Wildman–Crippen MR) is 158 cm³/mol. The van der Waals surface area contributed by atoms with Gasteiger partial charge in [0.2, 0.25) is 10.0 Å². The maximum absolute atomic E-state index is 11.5. The Hall–Kier alpha value is -4.96. The number of rotatable bonds is 7. The molecule has 0 unspecified atom stereocenters. The third-order valence-corrected chi connectivity index (χ3v) is 7.25. The highest BCUT2D eigenvalue weighted by Gasteiger charge is 2.12. The molecule has 0 amide bonds. The van der Waals surface area contributed by atoms with Crippen molar-refractivity contribution in [1.82, 2.24) is 0 Å². The average molecular weight is 528 g/mol. The van der Waals surface area contributed by atoms with Gasteiger partial charge in [0.1, 0.15) is 0 Å². The molecule has 0 spiro atoms. The molecule has 6 heteroatoms. The van der Waals surface area contributed by atoms with E-state index in [4.69, 9.17) is 5.14 Å². The van der Waals surface area contributed by atoms with Crippen LogP contribution in [0.2, 0.25) is 0 Å². The van der Waals surface area contributed by atoms with E-state index < -0.39 is 10.0 Å². The van der Waals surface area contributed by atoms with E-state index in [0.717, 1.165) is 39.3 Å². The molecular formula is C33H25N3O2S. The standard InChI is InChI=1S/C33H25N3O2S/c34-24-29(28-15-13-26(14-16-28)27-17-21-33(22-18-27)39(35,37)38)23-25-11-19-32(20-12-25)36(30-7-3-1-4-8-30)31-9-5-2-6-10-31/h1-23H,(H2,35,37,38)/b29-23+. The Balaban J connectivity index is 1.39. The summed E-state index contributed by atoms with van der Waals surface area (Å²) in [5, 5.41) is 15.1. The van der Waals surface area contributed by atoms with Gasteiger partial charge >= 0.3 is 0 Å². The van der Waals surface area contributed by atoms with Crippen LogP contribution in [0, 0.1) is 11.3 Å². The van der Waals surface area contributed by atoms with Gasteiger partial charge in [0.15, 0.2) is 0 Å². The number of benzene rings is 5. The largest absolute Gasteiger partial charge is 0.311 e. The molecule has 0 saturated heterocycles. The highest BCUT2D eigenvalue weighted by Crippen LogP contribution is 2.34. The number of primary sulfonamides is 1. The summed E-state index contributed by atoms with van der Waals surface area (Å²) >= 11 is 0. The Bertz CT molecular complexity index is 1700. The summed E-state index contributed by atoms with van der Waals surface area (Å²) in [7, 11) is -3.74. The molecule has 0 bridgehead atoms. The lowest BCUT2D eigenvalue weighted by Gasteiger charge is -2.25. The van der Waals surface area contributed by atoms with Crippen molar-refractivity contribution in [2.24, 2.45) is 5.14 Å². The lowest BCUT2D eigenvalue weighted by Crippen LogP contribution is -2.11. The first kappa shape index (κ1) is 25.7. The minimum Gasteiger partial charge on any atom is -0.311 e. The number of nitrogens with zero attached hydrogens (tertiary/aromatic N) is 2. The van der Waals surface area contributed by atoms with Gasteiger partial charge in [-0.1, -0.05) is 84.9 Å². The zero-order chi connectivity index (χ0) is 27.2. The van der Waals surface area contributed by atoms with Crippen molar-refractivity contribution in [3.63, 3.8) is 0 Å². The van der Waals surface area contributed by atoms with E-state index in [1.54, 1.807) is 12.1 Å². The Kier molecular flexibility index (Phi) is 7.37. The van der Waals surface area contributed by atoms with Crippen LogP contribution < -0.4 is 10.0 Å². The minimum absolute atomic E-state index is 0.0687. The highest BCUT2D eigenvalue weighted by atomic mass is 32.2. The molecule has 0 aliphatic carbocycles. The normalized spacial score (nSPS) is 11.5. The highest BCUT2D eigenvalue weighted by molar-refractivity contribution is 7.89. The second-order valence-corrected chi connectivity index (χ2v) is 10.5. The van der Waals surface area contributed by atoms with Gasteiger partial charge in [-0.25, -0.2) is 13.6 Å². The smallest absolute Gasteiger partial charge is 0.238 e. The maximum atomic E-state index is 11.5.